The molecule has 8 nitrogen and oxygen atoms in total. The molecule has 0 aliphatic carbocycles. The van der Waals surface area contributed by atoms with Crippen molar-refractivity contribution < 1.29 is 27.5 Å². The molecule has 0 unspecified atom stereocenters. The zero-order chi connectivity index (χ0) is 27.6. The molecule has 1 aliphatic heterocycles. The molecular formula is C26H29ClFN3O5S2. The third kappa shape index (κ3) is 6.35. The molecule has 3 N–H and O–H groups in total. The van der Waals surface area contributed by atoms with E-state index in [2.05, 4.69) is 10.6 Å². The normalized spacial score (nSPS) is 19.1. The third-order valence-electron chi connectivity index (χ3n) is 6.40. The van der Waals surface area contributed by atoms with E-state index in [9.17, 15) is 27.5 Å². The predicted molar refractivity (Wildman–Crippen MR) is 145 cm³/mol. The molecule has 0 radical (unpaired) electrons. The summed E-state index contributed by atoms with van der Waals surface area (Å²) < 4.78 is 41.5. The molecule has 1 saturated heterocycles. The number of β-amino-alcohol motifs (C(OH)–C–C–N with tert-alkyl or cyclic N) is 1. The van der Waals surface area contributed by atoms with Gasteiger partial charge >= 0.3 is 0 Å². The second-order valence-electron chi connectivity index (χ2n) is 9.77. The predicted octanol–water partition coefficient (Wildman–Crippen LogP) is 3.64. The second-order valence-corrected chi connectivity index (χ2v) is 13.2. The van der Waals surface area contributed by atoms with E-state index in [0.29, 0.717) is 11.3 Å². The van der Waals surface area contributed by atoms with Gasteiger partial charge in [0.25, 0.3) is 5.91 Å². The topological polar surface area (TPSA) is 116 Å². The molecular weight excluding hydrogens is 553 g/mol. The first-order chi connectivity index (χ1) is 18.0. The zero-order valence-corrected chi connectivity index (χ0v) is 23.2. The van der Waals surface area contributed by atoms with Crippen LogP contribution in [0.1, 0.15) is 29.9 Å². The van der Waals surface area contributed by atoms with E-state index in [1.54, 1.807) is 6.07 Å². The van der Waals surface area contributed by atoms with E-state index in [-0.39, 0.29) is 41.4 Å². The smallest absolute Gasteiger partial charge is 0.262 e. The maximum absolute atomic E-state index is 13.4. The number of carbonyl (C=O) groups excluding carboxylic acids is 2. The summed E-state index contributed by atoms with van der Waals surface area (Å²) in [7, 11) is -4.07. The molecule has 4 rings (SSSR count). The molecule has 2 amide bonds. The summed E-state index contributed by atoms with van der Waals surface area (Å²) in [5.41, 5.74) is 0. The van der Waals surface area contributed by atoms with E-state index >= 15 is 0 Å². The first kappa shape index (κ1) is 28.4. The number of rotatable bonds is 9. The summed E-state index contributed by atoms with van der Waals surface area (Å²) in [5.74, 6) is -1.88. The lowest BCUT2D eigenvalue weighted by atomic mass is 10.0. The minimum atomic E-state index is -4.07. The van der Waals surface area contributed by atoms with Gasteiger partial charge in [0.15, 0.2) is 0 Å². The highest BCUT2D eigenvalue weighted by Gasteiger charge is 2.39. The molecule has 0 saturated carbocycles. The Balaban J connectivity index is 1.40. The third-order valence-corrected chi connectivity index (χ3v) is 9.83. The number of amides is 2. The number of carbonyl (C=O) groups is 2. The van der Waals surface area contributed by atoms with Crippen molar-refractivity contribution in [1.82, 2.24) is 14.9 Å². The highest BCUT2D eigenvalue weighted by molar-refractivity contribution is 7.89. The SMILES string of the molecule is CC(C)C[C@H](NC(=O)c1cc2ccccc2s1)C(=O)NC[C@H]1CN(S(=O)(=O)c2ccc(F)cc2Cl)C[C@H]1O. The van der Waals surface area contributed by atoms with E-state index < -0.39 is 39.8 Å². The van der Waals surface area contributed by atoms with Crippen LogP contribution in [0, 0.1) is 17.7 Å². The van der Waals surface area contributed by atoms with Gasteiger partial charge in [-0.15, -0.1) is 11.3 Å². The molecule has 38 heavy (non-hydrogen) atoms. The van der Waals surface area contributed by atoms with Gasteiger partial charge in [-0.05, 0) is 48.1 Å². The first-order valence-corrected chi connectivity index (χ1v) is 14.8. The van der Waals surface area contributed by atoms with Crippen molar-refractivity contribution in [3.05, 3.63) is 64.2 Å². The number of nitrogens with one attached hydrogen (secondary N) is 2. The number of sulfonamides is 1. The number of aliphatic hydroxyl groups excluding tert-OH is 1. The number of fused-ring (bicyclic) bond motifs is 1. The van der Waals surface area contributed by atoms with Crippen LogP contribution in [0.15, 0.2) is 53.4 Å². The van der Waals surface area contributed by atoms with Crippen LogP contribution in [0.2, 0.25) is 5.02 Å². The fourth-order valence-electron chi connectivity index (χ4n) is 4.42. The summed E-state index contributed by atoms with van der Waals surface area (Å²) in [4.78, 5) is 26.2. The van der Waals surface area contributed by atoms with Crippen molar-refractivity contribution >= 4 is 54.9 Å². The number of hydrogen-bond donors (Lipinski definition) is 3. The number of halogens is 2. The van der Waals surface area contributed by atoms with E-state index in [4.69, 9.17) is 11.6 Å². The quantitative estimate of drug-likeness (QED) is 0.357. The number of hydrogen-bond acceptors (Lipinski definition) is 6. The molecule has 2 aromatic carbocycles. The lowest BCUT2D eigenvalue weighted by Gasteiger charge is -2.22. The Morgan fingerprint density at radius 3 is 2.61 bits per heavy atom. The summed E-state index contributed by atoms with van der Waals surface area (Å²) in [6, 6.07) is 11.6. The highest BCUT2D eigenvalue weighted by atomic mass is 35.5. The lowest BCUT2D eigenvalue weighted by Crippen LogP contribution is -2.49. The van der Waals surface area contributed by atoms with Crippen LogP contribution in [-0.4, -0.2) is 61.4 Å². The summed E-state index contributed by atoms with van der Waals surface area (Å²) in [6.07, 6.45) is -0.625. The van der Waals surface area contributed by atoms with Gasteiger partial charge in [0.05, 0.1) is 16.0 Å². The Hall–Kier alpha value is -2.57. The van der Waals surface area contributed by atoms with Crippen LogP contribution in [0.25, 0.3) is 10.1 Å². The van der Waals surface area contributed by atoms with Gasteiger partial charge in [-0.3, -0.25) is 9.59 Å². The number of aliphatic hydroxyl groups is 1. The largest absolute Gasteiger partial charge is 0.391 e. The molecule has 2 heterocycles. The maximum atomic E-state index is 13.4. The molecule has 12 heteroatoms. The van der Waals surface area contributed by atoms with Crippen molar-refractivity contribution in [2.24, 2.45) is 11.8 Å². The van der Waals surface area contributed by atoms with Crippen LogP contribution in [0.4, 0.5) is 4.39 Å². The summed E-state index contributed by atoms with van der Waals surface area (Å²) >= 11 is 7.30. The van der Waals surface area contributed by atoms with Crippen molar-refractivity contribution in [3.8, 4) is 0 Å². The van der Waals surface area contributed by atoms with Gasteiger partial charge in [-0.1, -0.05) is 43.6 Å². The highest BCUT2D eigenvalue weighted by Crippen LogP contribution is 2.30. The number of thiophene rings is 1. The van der Waals surface area contributed by atoms with Crippen LogP contribution in [0.5, 0.6) is 0 Å². The Morgan fingerprint density at radius 1 is 1.18 bits per heavy atom. The Bertz CT molecular complexity index is 1410. The van der Waals surface area contributed by atoms with E-state index in [1.807, 2.05) is 38.1 Å². The Kier molecular flexibility index (Phi) is 8.73. The van der Waals surface area contributed by atoms with Crippen molar-refractivity contribution in [2.45, 2.75) is 37.3 Å². The molecule has 3 atom stereocenters. The molecule has 0 spiro atoms. The fraction of sp³-hybridized carbons (Fsp3) is 0.385. The van der Waals surface area contributed by atoms with Gasteiger partial charge in [0, 0.05) is 30.3 Å². The van der Waals surface area contributed by atoms with Crippen LogP contribution in [0.3, 0.4) is 0 Å². The summed E-state index contributed by atoms with van der Waals surface area (Å²) in [6.45, 7) is 3.65. The lowest BCUT2D eigenvalue weighted by molar-refractivity contribution is -0.123. The van der Waals surface area contributed by atoms with Gasteiger partial charge in [-0.2, -0.15) is 4.31 Å². The van der Waals surface area contributed by atoms with Crippen LogP contribution >= 0.6 is 22.9 Å². The Labute approximate surface area is 229 Å². The average Bonchev–Trinajstić information content (AvgIpc) is 3.45. The Morgan fingerprint density at radius 2 is 1.92 bits per heavy atom. The second kappa shape index (κ2) is 11.7. The van der Waals surface area contributed by atoms with E-state index in [1.165, 1.54) is 11.3 Å². The van der Waals surface area contributed by atoms with Crippen molar-refractivity contribution in [1.29, 1.82) is 0 Å². The van der Waals surface area contributed by atoms with Crippen molar-refractivity contribution in [3.63, 3.8) is 0 Å². The fourth-order valence-corrected chi connectivity index (χ4v) is 7.40. The van der Waals surface area contributed by atoms with Gasteiger partial charge in [0.1, 0.15) is 16.8 Å². The molecule has 1 fully saturated rings. The molecule has 1 aromatic heterocycles. The van der Waals surface area contributed by atoms with Crippen LogP contribution in [-0.2, 0) is 14.8 Å². The number of benzene rings is 2. The first-order valence-electron chi connectivity index (χ1n) is 12.2. The molecule has 3 aromatic rings. The van der Waals surface area contributed by atoms with Gasteiger partial charge in [-0.25, -0.2) is 12.8 Å². The standard InChI is InChI=1S/C26H29ClFN3O5S2/c1-15(2)9-20(30-26(34)23-10-16-5-3-4-6-22(16)37-23)25(33)29-12-17-13-31(14-21(17)32)38(35,36)24-8-7-18(28)11-19(24)27/h3-8,10-11,15,17,20-21,32H,9,12-14H2,1-2H3,(H,29,33)(H,30,34)/t17-,20-,21+/m0/s1. The zero-order valence-electron chi connectivity index (χ0n) is 20.9. The van der Waals surface area contributed by atoms with Crippen LogP contribution < -0.4 is 10.6 Å². The molecule has 0 bridgehead atoms. The minimum Gasteiger partial charge on any atom is -0.391 e. The monoisotopic (exact) mass is 581 g/mol. The maximum Gasteiger partial charge on any atom is 0.262 e. The van der Waals surface area contributed by atoms with Gasteiger partial charge < -0.3 is 15.7 Å². The molecule has 204 valence electrons. The average molecular weight is 582 g/mol. The summed E-state index contributed by atoms with van der Waals surface area (Å²) in [5, 5.41) is 16.8. The molecule has 1 aliphatic rings. The van der Waals surface area contributed by atoms with E-state index in [0.717, 1.165) is 32.6 Å². The van der Waals surface area contributed by atoms with Crippen molar-refractivity contribution in [2.75, 3.05) is 19.6 Å². The number of nitrogens with zero attached hydrogens (tertiary/aromatic N) is 1. The minimum absolute atomic E-state index is 0.0104. The van der Waals surface area contributed by atoms with Gasteiger partial charge in [0.2, 0.25) is 15.9 Å².